The van der Waals surface area contributed by atoms with Crippen LogP contribution in [-0.2, 0) is 14.9 Å². The van der Waals surface area contributed by atoms with Gasteiger partial charge < -0.3 is 10.1 Å². The molecule has 1 rings (SSSR count). The minimum atomic E-state index is -4.43. The number of methoxy groups -OCH3 is 1. The van der Waals surface area contributed by atoms with Gasteiger partial charge in [0.2, 0.25) is 5.91 Å². The molecular weight excluding hydrogens is 426 g/mol. The maximum Gasteiger partial charge on any atom is 0.298 e. The van der Waals surface area contributed by atoms with Crippen LogP contribution in [-0.4, -0.2) is 26.0 Å². The normalized spacial score (nSPS) is 11.7. The summed E-state index contributed by atoms with van der Waals surface area (Å²) in [7, 11) is -3.11. The predicted molar refractivity (Wildman–Crippen MR) is 131 cm³/mol. The van der Waals surface area contributed by atoms with E-state index in [9.17, 15) is 17.8 Å². The number of ether oxygens (including phenoxy) is 1. The van der Waals surface area contributed by atoms with Gasteiger partial charge in [-0.05, 0) is 50.3 Å². The van der Waals surface area contributed by atoms with Gasteiger partial charge in [-0.3, -0.25) is 9.35 Å². The monoisotopic (exact) mass is 467 g/mol. The van der Waals surface area contributed by atoms with Crippen LogP contribution in [0.3, 0.4) is 0 Å². The van der Waals surface area contributed by atoms with Crippen molar-refractivity contribution < 1.29 is 22.5 Å². The summed E-state index contributed by atoms with van der Waals surface area (Å²) in [5, 5.41) is 2.68. The number of anilines is 1. The average Bonchev–Trinajstić information content (AvgIpc) is 2.75. The van der Waals surface area contributed by atoms with Crippen molar-refractivity contribution in [3.05, 3.63) is 30.4 Å². The molecule has 32 heavy (non-hydrogen) atoms. The quantitative estimate of drug-likeness (QED) is 0.139. The second kappa shape index (κ2) is 16.7. The number of amides is 1. The molecule has 0 atom stereocenters. The first-order chi connectivity index (χ1) is 15.4. The van der Waals surface area contributed by atoms with Crippen molar-refractivity contribution >= 4 is 21.7 Å². The Balaban J connectivity index is 2.10. The van der Waals surface area contributed by atoms with Crippen LogP contribution < -0.4 is 10.1 Å². The Hall–Kier alpha value is -1.86. The molecule has 182 valence electrons. The predicted octanol–water partition coefficient (Wildman–Crippen LogP) is 6.92. The first-order valence-electron chi connectivity index (χ1n) is 12.0. The highest BCUT2D eigenvalue weighted by molar-refractivity contribution is 7.86. The summed E-state index contributed by atoms with van der Waals surface area (Å²) in [4.78, 5) is 11.7. The number of nitrogens with one attached hydrogen (secondary N) is 1. The number of carbonyl (C=O) groups excluding carboxylic acids is 1. The van der Waals surface area contributed by atoms with Gasteiger partial charge in [0.05, 0.1) is 7.11 Å². The van der Waals surface area contributed by atoms with E-state index < -0.39 is 10.1 Å². The molecule has 0 unspecified atom stereocenters. The summed E-state index contributed by atoms with van der Waals surface area (Å²) in [6.07, 6.45) is 20.6. The lowest BCUT2D eigenvalue weighted by atomic mass is 10.1. The third kappa shape index (κ3) is 12.9. The Morgan fingerprint density at radius 3 is 2.06 bits per heavy atom. The number of unbranched alkanes of at least 4 members (excludes halogenated alkanes) is 11. The topological polar surface area (TPSA) is 92.7 Å². The Morgan fingerprint density at radius 2 is 1.50 bits per heavy atom. The Labute approximate surface area is 194 Å². The molecule has 0 aromatic heterocycles. The van der Waals surface area contributed by atoms with Gasteiger partial charge >= 0.3 is 0 Å². The van der Waals surface area contributed by atoms with Crippen LogP contribution in [0, 0.1) is 0 Å². The lowest BCUT2D eigenvalue weighted by Crippen LogP contribution is -2.12. The van der Waals surface area contributed by atoms with Gasteiger partial charge in [-0.2, -0.15) is 8.42 Å². The molecule has 1 amide bonds. The summed E-state index contributed by atoms with van der Waals surface area (Å²) >= 11 is 0. The highest BCUT2D eigenvalue weighted by Crippen LogP contribution is 2.27. The zero-order chi connectivity index (χ0) is 23.7. The van der Waals surface area contributed by atoms with Crippen molar-refractivity contribution in [2.24, 2.45) is 0 Å². The molecule has 0 saturated carbocycles. The Morgan fingerprint density at radius 1 is 0.938 bits per heavy atom. The summed E-state index contributed by atoms with van der Waals surface area (Å²) in [5.74, 6) is -0.142. The van der Waals surface area contributed by atoms with Crippen LogP contribution in [0.25, 0.3) is 0 Å². The molecule has 0 spiro atoms. The van der Waals surface area contributed by atoms with E-state index in [1.807, 2.05) is 0 Å². The minimum absolute atomic E-state index is 0.0303. The van der Waals surface area contributed by atoms with Crippen LogP contribution in [0.1, 0.15) is 96.8 Å². The second-order valence-corrected chi connectivity index (χ2v) is 9.61. The van der Waals surface area contributed by atoms with Gasteiger partial charge in [-0.15, -0.1) is 0 Å². The summed E-state index contributed by atoms with van der Waals surface area (Å²) in [6.45, 7) is 2.25. The first kappa shape index (κ1) is 28.2. The fourth-order valence-electron chi connectivity index (χ4n) is 3.54. The molecule has 0 aliphatic rings. The Bertz CT molecular complexity index is 790. The second-order valence-electron chi connectivity index (χ2n) is 8.22. The maximum absolute atomic E-state index is 12.1. The summed E-state index contributed by atoms with van der Waals surface area (Å²) < 4.78 is 37.1. The van der Waals surface area contributed by atoms with Crippen LogP contribution >= 0.6 is 0 Å². The molecule has 0 saturated heterocycles. The molecule has 0 fully saturated rings. The first-order valence-corrected chi connectivity index (χ1v) is 13.4. The molecular formula is C25H41NO5S. The third-order valence-electron chi connectivity index (χ3n) is 5.39. The van der Waals surface area contributed by atoms with Crippen molar-refractivity contribution in [1.82, 2.24) is 0 Å². The van der Waals surface area contributed by atoms with Crippen LogP contribution in [0.15, 0.2) is 35.2 Å². The number of rotatable bonds is 18. The van der Waals surface area contributed by atoms with Gasteiger partial charge in [0.15, 0.2) is 0 Å². The van der Waals surface area contributed by atoms with Gasteiger partial charge in [0, 0.05) is 12.1 Å². The molecule has 0 aliphatic carbocycles. The largest absolute Gasteiger partial charge is 0.495 e. The van der Waals surface area contributed by atoms with Crippen LogP contribution in [0.5, 0.6) is 5.75 Å². The van der Waals surface area contributed by atoms with Crippen molar-refractivity contribution in [1.29, 1.82) is 0 Å². The Kier molecular flexibility index (Phi) is 14.7. The lowest BCUT2D eigenvalue weighted by molar-refractivity contribution is -0.116. The van der Waals surface area contributed by atoms with Crippen molar-refractivity contribution in [2.45, 2.75) is 102 Å². The van der Waals surface area contributed by atoms with E-state index in [2.05, 4.69) is 24.4 Å². The van der Waals surface area contributed by atoms with E-state index in [4.69, 9.17) is 4.74 Å². The van der Waals surface area contributed by atoms with E-state index in [1.165, 1.54) is 77.0 Å². The number of carbonyl (C=O) groups is 1. The molecule has 1 aromatic rings. The summed E-state index contributed by atoms with van der Waals surface area (Å²) in [5.41, 5.74) is 0.316. The molecule has 6 nitrogen and oxygen atoms in total. The van der Waals surface area contributed by atoms with E-state index >= 15 is 0 Å². The minimum Gasteiger partial charge on any atom is -0.495 e. The number of hydrogen-bond acceptors (Lipinski definition) is 4. The highest BCUT2D eigenvalue weighted by atomic mass is 32.2. The van der Waals surface area contributed by atoms with Crippen LogP contribution in [0.4, 0.5) is 5.69 Å². The SMILES string of the molecule is CCCCCCCC/C=C\CCCCCCCC(=O)Nc1ccc(OC)c(S(=O)(=O)O)c1. The zero-order valence-corrected chi connectivity index (χ0v) is 20.6. The van der Waals surface area contributed by atoms with Gasteiger partial charge in [-0.25, -0.2) is 0 Å². The molecule has 1 aromatic carbocycles. The van der Waals surface area contributed by atoms with E-state index in [1.54, 1.807) is 6.07 Å². The van der Waals surface area contributed by atoms with Crippen molar-refractivity contribution in [3.8, 4) is 5.75 Å². The van der Waals surface area contributed by atoms with Crippen LogP contribution in [0.2, 0.25) is 0 Å². The fraction of sp³-hybridized carbons (Fsp3) is 0.640. The number of benzene rings is 1. The molecule has 2 N–H and O–H groups in total. The van der Waals surface area contributed by atoms with E-state index in [0.717, 1.165) is 25.7 Å². The molecule has 7 heteroatoms. The van der Waals surface area contributed by atoms with Gasteiger partial charge in [0.1, 0.15) is 10.6 Å². The van der Waals surface area contributed by atoms with Crippen molar-refractivity contribution in [2.75, 3.05) is 12.4 Å². The molecule has 0 heterocycles. The number of hydrogen-bond donors (Lipinski definition) is 2. The smallest absolute Gasteiger partial charge is 0.298 e. The zero-order valence-electron chi connectivity index (χ0n) is 19.8. The fourth-order valence-corrected chi connectivity index (χ4v) is 4.22. The van der Waals surface area contributed by atoms with E-state index in [0.29, 0.717) is 12.1 Å². The molecule has 0 aliphatic heterocycles. The van der Waals surface area contributed by atoms with Crippen molar-refractivity contribution in [3.63, 3.8) is 0 Å². The van der Waals surface area contributed by atoms with Gasteiger partial charge in [-0.1, -0.05) is 70.4 Å². The standard InChI is InChI=1S/C25H41NO5S/c1-3-4-5-6-7-8-9-10-11-12-13-14-15-16-17-18-25(27)26-22-19-20-23(31-2)24(21-22)32(28,29)30/h10-11,19-21H,3-9,12-18H2,1-2H3,(H,26,27)(H,28,29,30)/b11-10-. The van der Waals surface area contributed by atoms with Gasteiger partial charge in [0.25, 0.3) is 10.1 Å². The molecule has 0 radical (unpaired) electrons. The number of allylic oxidation sites excluding steroid dienone is 2. The maximum atomic E-state index is 12.1. The van der Waals surface area contributed by atoms with E-state index in [-0.39, 0.29) is 16.6 Å². The highest BCUT2D eigenvalue weighted by Gasteiger charge is 2.17. The summed E-state index contributed by atoms with van der Waals surface area (Å²) in [6, 6.07) is 4.15. The molecule has 0 bridgehead atoms. The third-order valence-corrected chi connectivity index (χ3v) is 6.27. The lowest BCUT2D eigenvalue weighted by Gasteiger charge is -2.10. The average molecular weight is 468 g/mol.